The van der Waals surface area contributed by atoms with Crippen LogP contribution in [0, 0.1) is 13.8 Å². The highest BCUT2D eigenvalue weighted by molar-refractivity contribution is 9.10. The van der Waals surface area contributed by atoms with Crippen LogP contribution in [0.1, 0.15) is 22.3 Å². The Labute approximate surface area is 221 Å². The fraction of sp³-hybridized carbons (Fsp3) is 0.148. The van der Waals surface area contributed by atoms with Crippen molar-refractivity contribution in [1.82, 2.24) is 5.32 Å². The standard InChI is InChI=1S/C27H22BrClN2O5/c1-15-8-9-22(16(2)10-15)31-26(33)19(25(32)30-27(31)34)11-17-12-21(29)24(23(13-17)35-3)36-14-18-6-4-5-7-20(18)28/h4-13H,14H2,1-3H3,(H,30,32,34)/b19-11+. The summed E-state index contributed by atoms with van der Waals surface area (Å²) in [4.78, 5) is 39.4. The molecule has 0 radical (unpaired) electrons. The summed E-state index contributed by atoms with van der Waals surface area (Å²) in [7, 11) is 1.47. The second-order valence-electron chi connectivity index (χ2n) is 8.16. The summed E-state index contributed by atoms with van der Waals surface area (Å²) >= 11 is 9.98. The molecule has 1 fully saturated rings. The zero-order chi connectivity index (χ0) is 26.0. The van der Waals surface area contributed by atoms with E-state index in [2.05, 4.69) is 21.2 Å². The van der Waals surface area contributed by atoms with Gasteiger partial charge in [0.05, 0.1) is 17.8 Å². The number of amides is 4. The van der Waals surface area contributed by atoms with Crippen LogP contribution in [0.2, 0.25) is 5.02 Å². The molecule has 0 bridgehead atoms. The fourth-order valence-corrected chi connectivity index (χ4v) is 4.50. The Kier molecular flexibility index (Phi) is 7.47. The van der Waals surface area contributed by atoms with E-state index >= 15 is 0 Å². The number of barbiturate groups is 1. The number of anilines is 1. The van der Waals surface area contributed by atoms with Gasteiger partial charge in [0.25, 0.3) is 11.8 Å². The largest absolute Gasteiger partial charge is 0.493 e. The molecule has 4 rings (SSSR count). The van der Waals surface area contributed by atoms with E-state index in [9.17, 15) is 14.4 Å². The minimum Gasteiger partial charge on any atom is -0.493 e. The minimum atomic E-state index is -0.805. The average Bonchev–Trinajstić information content (AvgIpc) is 2.83. The van der Waals surface area contributed by atoms with E-state index in [0.717, 1.165) is 26.1 Å². The van der Waals surface area contributed by atoms with Crippen molar-refractivity contribution in [3.8, 4) is 11.5 Å². The molecule has 1 aliphatic heterocycles. The maximum absolute atomic E-state index is 13.3. The molecule has 3 aromatic carbocycles. The number of halogens is 2. The highest BCUT2D eigenvalue weighted by Crippen LogP contribution is 2.38. The van der Waals surface area contributed by atoms with Crippen molar-refractivity contribution in [2.45, 2.75) is 20.5 Å². The van der Waals surface area contributed by atoms with Crippen LogP contribution in [-0.2, 0) is 16.2 Å². The first-order valence-electron chi connectivity index (χ1n) is 10.9. The van der Waals surface area contributed by atoms with E-state index in [1.807, 2.05) is 37.3 Å². The fourth-order valence-electron chi connectivity index (χ4n) is 3.83. The van der Waals surface area contributed by atoms with E-state index in [-0.39, 0.29) is 17.2 Å². The van der Waals surface area contributed by atoms with Crippen molar-refractivity contribution in [2.24, 2.45) is 0 Å². The molecule has 1 saturated heterocycles. The van der Waals surface area contributed by atoms with Gasteiger partial charge in [0.15, 0.2) is 11.5 Å². The second kappa shape index (κ2) is 10.6. The number of hydrogen-bond acceptors (Lipinski definition) is 5. The number of methoxy groups -OCH3 is 1. The van der Waals surface area contributed by atoms with Gasteiger partial charge in [-0.1, -0.05) is 63.4 Å². The van der Waals surface area contributed by atoms with Crippen molar-refractivity contribution in [2.75, 3.05) is 12.0 Å². The summed E-state index contributed by atoms with van der Waals surface area (Å²) in [6, 6.07) is 15.3. The molecule has 184 valence electrons. The first kappa shape index (κ1) is 25.5. The Hall–Kier alpha value is -3.62. The maximum atomic E-state index is 13.3. The van der Waals surface area contributed by atoms with Crippen LogP contribution in [0.5, 0.6) is 11.5 Å². The number of nitrogens with zero attached hydrogens (tertiary/aromatic N) is 1. The van der Waals surface area contributed by atoms with E-state index in [1.165, 1.54) is 13.2 Å². The normalized spacial score (nSPS) is 14.8. The number of nitrogens with one attached hydrogen (secondary N) is 1. The predicted octanol–water partition coefficient (Wildman–Crippen LogP) is 5.97. The van der Waals surface area contributed by atoms with Gasteiger partial charge in [-0.2, -0.15) is 0 Å². The third-order valence-corrected chi connectivity index (χ3v) is 6.64. The Balaban J connectivity index is 1.66. The lowest BCUT2D eigenvalue weighted by Crippen LogP contribution is -2.54. The number of benzene rings is 3. The Bertz CT molecular complexity index is 1420. The molecule has 0 unspecified atom stereocenters. The first-order valence-corrected chi connectivity index (χ1v) is 12.1. The summed E-state index contributed by atoms with van der Waals surface area (Å²) in [5.41, 5.74) is 3.24. The third kappa shape index (κ3) is 5.15. The smallest absolute Gasteiger partial charge is 0.335 e. The second-order valence-corrected chi connectivity index (χ2v) is 9.42. The molecule has 0 atom stereocenters. The van der Waals surface area contributed by atoms with E-state index < -0.39 is 17.8 Å². The van der Waals surface area contributed by atoms with Crippen LogP contribution in [-0.4, -0.2) is 25.0 Å². The molecule has 0 spiro atoms. The van der Waals surface area contributed by atoms with Crippen LogP contribution in [0.15, 0.2) is 64.6 Å². The minimum absolute atomic E-state index is 0.213. The predicted molar refractivity (Wildman–Crippen MR) is 141 cm³/mol. The van der Waals surface area contributed by atoms with Gasteiger partial charge in [-0.15, -0.1) is 0 Å². The molecular weight excluding hydrogens is 548 g/mol. The molecule has 0 saturated carbocycles. The van der Waals surface area contributed by atoms with Crippen LogP contribution in [0.3, 0.4) is 0 Å². The van der Waals surface area contributed by atoms with Gasteiger partial charge >= 0.3 is 6.03 Å². The number of imide groups is 2. The van der Waals surface area contributed by atoms with Gasteiger partial charge in [-0.3, -0.25) is 14.9 Å². The van der Waals surface area contributed by atoms with Gasteiger partial charge < -0.3 is 9.47 Å². The number of urea groups is 1. The summed E-state index contributed by atoms with van der Waals surface area (Å²) in [5, 5.41) is 2.47. The van der Waals surface area contributed by atoms with E-state index in [0.29, 0.717) is 22.7 Å². The molecule has 4 amide bonds. The lowest BCUT2D eigenvalue weighted by Gasteiger charge is -2.27. The van der Waals surface area contributed by atoms with Crippen LogP contribution >= 0.6 is 27.5 Å². The summed E-state index contributed by atoms with van der Waals surface area (Å²) in [6.45, 7) is 3.94. The molecule has 3 aromatic rings. The monoisotopic (exact) mass is 568 g/mol. The zero-order valence-electron chi connectivity index (χ0n) is 19.7. The Morgan fingerprint density at radius 3 is 2.50 bits per heavy atom. The molecule has 9 heteroatoms. The van der Waals surface area contributed by atoms with Gasteiger partial charge in [0, 0.05) is 10.0 Å². The number of hydrogen-bond donors (Lipinski definition) is 1. The Morgan fingerprint density at radius 1 is 1.06 bits per heavy atom. The van der Waals surface area contributed by atoms with E-state index in [1.54, 1.807) is 31.2 Å². The van der Waals surface area contributed by atoms with Crippen molar-refractivity contribution in [1.29, 1.82) is 0 Å². The number of rotatable bonds is 6. The molecule has 0 aromatic heterocycles. The lowest BCUT2D eigenvalue weighted by molar-refractivity contribution is -0.122. The van der Waals surface area contributed by atoms with Crippen molar-refractivity contribution in [3.05, 3.63) is 91.9 Å². The molecule has 36 heavy (non-hydrogen) atoms. The highest BCUT2D eigenvalue weighted by Gasteiger charge is 2.37. The van der Waals surface area contributed by atoms with Crippen molar-refractivity contribution >= 4 is 57.1 Å². The quantitative estimate of drug-likeness (QED) is 0.292. The van der Waals surface area contributed by atoms with Crippen LogP contribution in [0.4, 0.5) is 10.5 Å². The number of carbonyl (C=O) groups excluding carboxylic acids is 3. The number of ether oxygens (including phenoxy) is 2. The summed E-state index contributed by atoms with van der Waals surface area (Å²) < 4.78 is 12.3. The third-order valence-electron chi connectivity index (χ3n) is 5.59. The topological polar surface area (TPSA) is 84.9 Å². The summed E-state index contributed by atoms with van der Waals surface area (Å²) in [6.07, 6.45) is 1.37. The van der Waals surface area contributed by atoms with Gasteiger partial charge in [-0.25, -0.2) is 9.69 Å². The van der Waals surface area contributed by atoms with Crippen LogP contribution in [0.25, 0.3) is 6.08 Å². The molecule has 1 aliphatic rings. The molecule has 1 N–H and O–H groups in total. The lowest BCUT2D eigenvalue weighted by atomic mass is 10.0. The first-order chi connectivity index (χ1) is 17.2. The van der Waals surface area contributed by atoms with Gasteiger partial charge in [-0.05, 0) is 55.3 Å². The van der Waals surface area contributed by atoms with Crippen LogP contribution < -0.4 is 19.7 Å². The molecule has 1 heterocycles. The Morgan fingerprint density at radius 2 is 1.81 bits per heavy atom. The highest BCUT2D eigenvalue weighted by atomic mass is 79.9. The van der Waals surface area contributed by atoms with Crippen molar-refractivity contribution < 1.29 is 23.9 Å². The SMILES string of the molecule is COc1cc(/C=C2\C(=O)NC(=O)N(c3ccc(C)cc3C)C2=O)cc(Cl)c1OCc1ccccc1Br. The number of aryl methyl sites for hydroxylation is 2. The molecule has 0 aliphatic carbocycles. The molecule has 7 nitrogen and oxygen atoms in total. The average molecular weight is 570 g/mol. The zero-order valence-corrected chi connectivity index (χ0v) is 22.1. The number of carbonyl (C=O) groups is 3. The summed E-state index contributed by atoms with van der Waals surface area (Å²) in [5.74, 6) is -0.883. The van der Waals surface area contributed by atoms with Gasteiger partial charge in [0.2, 0.25) is 0 Å². The van der Waals surface area contributed by atoms with Crippen molar-refractivity contribution in [3.63, 3.8) is 0 Å². The maximum Gasteiger partial charge on any atom is 0.335 e. The van der Waals surface area contributed by atoms with Gasteiger partial charge in [0.1, 0.15) is 12.2 Å². The van der Waals surface area contributed by atoms with E-state index in [4.69, 9.17) is 21.1 Å². The molecular formula is C27H22BrClN2O5.